The first-order chi connectivity index (χ1) is 36.6. The van der Waals surface area contributed by atoms with Crippen molar-refractivity contribution in [2.45, 2.75) is 25.7 Å². The van der Waals surface area contributed by atoms with Crippen molar-refractivity contribution in [1.29, 1.82) is 0 Å². The minimum atomic E-state index is 0.649. The fourth-order valence-electron chi connectivity index (χ4n) is 10.9. The van der Waals surface area contributed by atoms with Crippen LogP contribution in [0.1, 0.15) is 46.6 Å². The van der Waals surface area contributed by atoms with Gasteiger partial charge in [0.1, 0.15) is 0 Å². The molecule has 4 heterocycles. The van der Waals surface area contributed by atoms with E-state index in [1.807, 2.05) is 48.6 Å². The van der Waals surface area contributed by atoms with E-state index in [9.17, 15) is 0 Å². The molecule has 0 radical (unpaired) electrons. The van der Waals surface area contributed by atoms with Crippen molar-refractivity contribution in [2.75, 3.05) is 0 Å². The van der Waals surface area contributed by atoms with Gasteiger partial charge in [0, 0.05) is 61.4 Å². The van der Waals surface area contributed by atoms with Crippen molar-refractivity contribution in [3.05, 3.63) is 265 Å². The van der Waals surface area contributed by atoms with Crippen LogP contribution in [-0.2, 0) is 12.8 Å². The van der Waals surface area contributed by atoms with E-state index in [1.165, 1.54) is 49.9 Å². The van der Waals surface area contributed by atoms with Crippen molar-refractivity contribution in [3.63, 3.8) is 0 Å². The summed E-state index contributed by atoms with van der Waals surface area (Å²) >= 11 is 0. The topological polar surface area (TPSA) is 61.4 Å². The Bertz CT molecular complexity index is 4000. The summed E-state index contributed by atoms with van der Waals surface area (Å²) in [4.78, 5) is 20.4. The van der Waals surface area contributed by atoms with Crippen LogP contribution in [-0.4, -0.2) is 29.1 Å². The second-order valence-electron chi connectivity index (χ2n) is 18.9. The summed E-state index contributed by atoms with van der Waals surface area (Å²) in [6.45, 7) is 7.99. The van der Waals surface area contributed by atoms with Crippen LogP contribution in [0.25, 0.3) is 113 Å². The van der Waals surface area contributed by atoms with Crippen LogP contribution < -0.4 is 0 Å². The van der Waals surface area contributed by atoms with E-state index >= 15 is 0 Å². The summed E-state index contributed by atoms with van der Waals surface area (Å²) < 4.78 is 4.88. The molecule has 0 spiro atoms. The Balaban J connectivity index is 0.878. The monoisotopic (exact) mass is 950 g/mol. The van der Waals surface area contributed by atoms with Gasteiger partial charge in [-0.3, -0.25) is 0 Å². The van der Waals surface area contributed by atoms with E-state index in [4.69, 9.17) is 19.9 Å². The van der Waals surface area contributed by atoms with Crippen LogP contribution in [0.15, 0.2) is 232 Å². The van der Waals surface area contributed by atoms with Crippen molar-refractivity contribution in [3.8, 4) is 67.9 Å². The first kappa shape index (κ1) is 44.4. The zero-order chi connectivity index (χ0) is 49.5. The van der Waals surface area contributed by atoms with Crippen LogP contribution in [0.3, 0.4) is 0 Å². The maximum absolute atomic E-state index is 5.13. The van der Waals surface area contributed by atoms with Gasteiger partial charge in [-0.25, -0.2) is 19.9 Å². The summed E-state index contributed by atoms with van der Waals surface area (Å²) in [7, 11) is 0. The molecule has 0 N–H and O–H groups in total. The molecule has 0 unspecified atom stereocenters. The van der Waals surface area contributed by atoms with E-state index in [0.29, 0.717) is 11.6 Å². The van der Waals surface area contributed by atoms with E-state index in [0.717, 1.165) is 98.7 Å². The molecular formula is C68H50N6. The van der Waals surface area contributed by atoms with E-state index < -0.39 is 0 Å². The maximum atomic E-state index is 5.13. The number of benzene rings is 7. The van der Waals surface area contributed by atoms with Crippen molar-refractivity contribution >= 4 is 45.1 Å². The van der Waals surface area contributed by atoms with Gasteiger partial charge in [-0.05, 0) is 138 Å². The Labute approximate surface area is 431 Å². The van der Waals surface area contributed by atoms with Crippen LogP contribution in [0.2, 0.25) is 0 Å². The van der Waals surface area contributed by atoms with Gasteiger partial charge in [0.25, 0.3) is 0 Å². The highest BCUT2D eigenvalue weighted by Gasteiger charge is 2.27. The minimum Gasteiger partial charge on any atom is -0.310 e. The lowest BCUT2D eigenvalue weighted by molar-refractivity contribution is 0.928. The lowest BCUT2D eigenvalue weighted by atomic mass is 9.88. The minimum absolute atomic E-state index is 0.649. The standard InChI is InChI=1S/C68H50N6/c1-3-18-45(4-2)59-43-60(46-19-8-5-9-20-46)70-67(69-59)49-29-35-53(36-30-49)73-63-27-16-14-25-55(63)57-39-33-51(41-65(57)73)52-34-40-58-56-26-15-17-28-64(56)74(66(58)42-52)54-37-31-50(32-38-54)68-71-61(47-21-10-6-11-22-47)44-62(72-68)48-23-12-7-13-24-48/h3-14,16-25,27-33,35-39,41-44H,1-2,15,26,34,40H2/b45-18+. The molecule has 0 saturated carbocycles. The molecule has 0 saturated heterocycles. The van der Waals surface area contributed by atoms with Gasteiger partial charge >= 0.3 is 0 Å². The number of hydrogen-bond donors (Lipinski definition) is 0. The summed E-state index contributed by atoms with van der Waals surface area (Å²) in [6.07, 6.45) is 16.7. The van der Waals surface area contributed by atoms with Crippen LogP contribution in [0.4, 0.5) is 0 Å². The number of nitrogens with zero attached hydrogens (tertiary/aromatic N) is 6. The molecule has 13 rings (SSSR count). The first-order valence-corrected chi connectivity index (χ1v) is 25.4. The summed E-state index contributed by atoms with van der Waals surface area (Å²) in [5, 5.41) is 2.44. The predicted octanol–water partition coefficient (Wildman–Crippen LogP) is 16.7. The fraction of sp³-hybridized carbons (Fsp3) is 0.0588. The van der Waals surface area contributed by atoms with E-state index in [1.54, 1.807) is 6.08 Å². The third-order valence-electron chi connectivity index (χ3n) is 14.5. The third-order valence-corrected chi connectivity index (χ3v) is 14.5. The molecule has 0 amide bonds. The average Bonchev–Trinajstić information content (AvgIpc) is 3.99. The molecule has 2 aliphatic rings. The Morgan fingerprint density at radius 2 is 0.986 bits per heavy atom. The molecule has 2 aliphatic carbocycles. The first-order valence-electron chi connectivity index (χ1n) is 25.4. The number of rotatable bonds is 11. The molecule has 352 valence electrons. The molecule has 4 aromatic heterocycles. The molecule has 7 aromatic carbocycles. The Hall–Kier alpha value is -9.52. The molecule has 0 aliphatic heterocycles. The average molecular weight is 951 g/mol. The molecule has 0 fully saturated rings. The lowest BCUT2D eigenvalue weighted by Crippen LogP contribution is -2.04. The zero-order valence-electron chi connectivity index (χ0n) is 40.9. The Morgan fingerprint density at radius 1 is 0.446 bits per heavy atom. The lowest BCUT2D eigenvalue weighted by Gasteiger charge is -2.18. The van der Waals surface area contributed by atoms with Crippen molar-refractivity contribution in [2.24, 2.45) is 0 Å². The van der Waals surface area contributed by atoms with Crippen molar-refractivity contribution < 1.29 is 0 Å². The van der Waals surface area contributed by atoms with Crippen LogP contribution >= 0.6 is 0 Å². The largest absolute Gasteiger partial charge is 0.310 e. The van der Waals surface area contributed by atoms with Crippen molar-refractivity contribution in [1.82, 2.24) is 29.1 Å². The van der Waals surface area contributed by atoms with Crippen LogP contribution in [0, 0.1) is 0 Å². The van der Waals surface area contributed by atoms with Gasteiger partial charge in [-0.1, -0.05) is 159 Å². The fourth-order valence-corrected chi connectivity index (χ4v) is 10.9. The summed E-state index contributed by atoms with van der Waals surface area (Å²) in [5.74, 6) is 1.35. The molecule has 6 heteroatoms. The molecule has 0 bridgehead atoms. The highest BCUT2D eigenvalue weighted by Crippen LogP contribution is 2.42. The predicted molar refractivity (Wildman–Crippen MR) is 307 cm³/mol. The number of aromatic nitrogens is 6. The Morgan fingerprint density at radius 3 is 1.61 bits per heavy atom. The number of hydrogen-bond acceptors (Lipinski definition) is 4. The smallest absolute Gasteiger partial charge is 0.160 e. The maximum Gasteiger partial charge on any atom is 0.160 e. The molecule has 6 nitrogen and oxygen atoms in total. The molecule has 74 heavy (non-hydrogen) atoms. The van der Waals surface area contributed by atoms with Gasteiger partial charge in [0.15, 0.2) is 11.6 Å². The van der Waals surface area contributed by atoms with E-state index in [-0.39, 0.29) is 0 Å². The van der Waals surface area contributed by atoms with Crippen LogP contribution in [0.5, 0.6) is 0 Å². The SMILES string of the molecule is C=C/C=C(\C=C)c1cc(-c2ccccc2)nc(-c2ccc(-n3c4ccccc4c4ccc(C5=Cc6c(c7c(n6-c6ccc(-c8nc(-c9ccccc9)cc(-c9ccccc9)n8)cc6)C=CCC7)CC5)cc43)cc2)n1. The van der Waals surface area contributed by atoms with E-state index in [2.05, 4.69) is 198 Å². The molecular weight excluding hydrogens is 901 g/mol. The summed E-state index contributed by atoms with van der Waals surface area (Å²) in [6, 6.07) is 68.3. The normalized spacial score (nSPS) is 13.1. The van der Waals surface area contributed by atoms with Gasteiger partial charge in [0.2, 0.25) is 0 Å². The second kappa shape index (κ2) is 18.9. The quantitative estimate of drug-likeness (QED) is 0.121. The van der Waals surface area contributed by atoms with Gasteiger partial charge in [0.05, 0.1) is 33.8 Å². The van der Waals surface area contributed by atoms with Gasteiger partial charge in [-0.15, -0.1) is 0 Å². The molecule has 0 atom stereocenters. The second-order valence-corrected chi connectivity index (χ2v) is 18.9. The van der Waals surface area contributed by atoms with Gasteiger partial charge < -0.3 is 9.13 Å². The Kier molecular flexibility index (Phi) is 11.4. The van der Waals surface area contributed by atoms with Gasteiger partial charge in [-0.2, -0.15) is 0 Å². The molecule has 11 aromatic rings. The number of allylic oxidation sites excluding steroid dienone is 6. The highest BCUT2D eigenvalue weighted by atomic mass is 15.0. The number of para-hydroxylation sites is 1. The summed E-state index contributed by atoms with van der Waals surface area (Å²) in [5.41, 5.74) is 21.9. The number of fused-ring (bicyclic) bond motifs is 6. The highest BCUT2D eigenvalue weighted by molar-refractivity contribution is 6.10. The zero-order valence-corrected chi connectivity index (χ0v) is 40.9. The third kappa shape index (κ3) is 8.03.